The van der Waals surface area contributed by atoms with Gasteiger partial charge in [0, 0.05) is 13.0 Å². The van der Waals surface area contributed by atoms with Gasteiger partial charge in [0.15, 0.2) is 0 Å². The van der Waals surface area contributed by atoms with Crippen molar-refractivity contribution in [1.82, 2.24) is 0 Å². The van der Waals surface area contributed by atoms with Crippen LogP contribution < -0.4 is 0 Å². The summed E-state index contributed by atoms with van der Waals surface area (Å²) in [4.78, 5) is 0. The summed E-state index contributed by atoms with van der Waals surface area (Å²) in [7, 11) is 1.79. The van der Waals surface area contributed by atoms with Crippen molar-refractivity contribution in [2.24, 2.45) is 11.8 Å². The molecule has 0 aromatic heterocycles. The highest BCUT2D eigenvalue weighted by Gasteiger charge is 2.17. The average Bonchev–Trinajstić information content (AvgIpc) is 2.79. The summed E-state index contributed by atoms with van der Waals surface area (Å²) in [5.74, 6) is 0.944. The molecule has 0 saturated heterocycles. The number of allylic oxidation sites excluding steroid dienone is 4. The number of ether oxygens (including phenoxy) is 3. The zero-order valence-electron chi connectivity index (χ0n) is 21.4. The third-order valence-electron chi connectivity index (χ3n) is 6.45. The molecule has 3 heteroatoms. The molecular formula is C30H46O3. The molecule has 0 bridgehead atoms. The SMILES string of the molecule is C=C(CC/C=C/CC(/C=C/C)C(/C=C/C1CC(C)=CCO1)OC)CC(C)CC1CC=CCO1. The molecule has 0 fully saturated rings. The topological polar surface area (TPSA) is 27.7 Å². The fraction of sp³-hybridized carbons (Fsp3) is 0.600. The van der Waals surface area contributed by atoms with Gasteiger partial charge in [0.2, 0.25) is 0 Å². The first-order valence-corrected chi connectivity index (χ1v) is 12.7. The number of methoxy groups -OCH3 is 1. The van der Waals surface area contributed by atoms with Crippen LogP contribution in [0.2, 0.25) is 0 Å². The van der Waals surface area contributed by atoms with Crippen molar-refractivity contribution in [2.75, 3.05) is 20.3 Å². The Balaban J connectivity index is 1.72. The van der Waals surface area contributed by atoms with E-state index in [9.17, 15) is 0 Å². The molecule has 5 atom stereocenters. The second-order valence-electron chi connectivity index (χ2n) is 9.60. The quantitative estimate of drug-likeness (QED) is 0.254. The Bertz CT molecular complexity index is 712. The van der Waals surface area contributed by atoms with E-state index in [0.717, 1.165) is 51.6 Å². The van der Waals surface area contributed by atoms with Crippen LogP contribution in [0.15, 0.2) is 72.4 Å². The first kappa shape index (κ1) is 27.6. The molecule has 0 saturated carbocycles. The van der Waals surface area contributed by atoms with Gasteiger partial charge in [-0.1, -0.05) is 79.3 Å². The van der Waals surface area contributed by atoms with Gasteiger partial charge in [-0.2, -0.15) is 0 Å². The smallest absolute Gasteiger partial charge is 0.0818 e. The maximum absolute atomic E-state index is 5.82. The summed E-state index contributed by atoms with van der Waals surface area (Å²) in [6.45, 7) is 12.4. The van der Waals surface area contributed by atoms with Crippen molar-refractivity contribution < 1.29 is 14.2 Å². The molecule has 0 amide bonds. The van der Waals surface area contributed by atoms with Crippen LogP contribution in [0.1, 0.15) is 65.7 Å². The molecule has 0 aromatic rings. The van der Waals surface area contributed by atoms with Crippen molar-refractivity contribution in [3.05, 3.63) is 72.4 Å². The molecule has 0 radical (unpaired) electrons. The fourth-order valence-electron chi connectivity index (χ4n) is 4.62. The second-order valence-corrected chi connectivity index (χ2v) is 9.60. The number of rotatable bonds is 14. The van der Waals surface area contributed by atoms with Crippen molar-refractivity contribution in [3.63, 3.8) is 0 Å². The fourth-order valence-corrected chi connectivity index (χ4v) is 4.62. The maximum atomic E-state index is 5.82. The van der Waals surface area contributed by atoms with Crippen molar-refractivity contribution in [3.8, 4) is 0 Å². The van der Waals surface area contributed by atoms with Gasteiger partial charge in [0.1, 0.15) is 0 Å². The first-order chi connectivity index (χ1) is 16.0. The standard InChI is InChI=1S/C30H46O3/c1-6-12-27(30(31-5)17-16-29-22-25(3)18-20-33-29)14-9-7-8-13-24(2)21-26(4)23-28-15-10-11-19-32-28/h6-7,9-12,16-18,26-30H,2,8,13-15,19-23H2,1,3-5H3/b9-7+,12-6+,17-16+. The number of hydrogen-bond acceptors (Lipinski definition) is 3. The highest BCUT2D eigenvalue weighted by Crippen LogP contribution is 2.23. The van der Waals surface area contributed by atoms with Crippen molar-refractivity contribution in [1.29, 1.82) is 0 Å². The zero-order valence-corrected chi connectivity index (χ0v) is 21.4. The minimum absolute atomic E-state index is 0.0494. The van der Waals surface area contributed by atoms with E-state index in [2.05, 4.69) is 82.0 Å². The molecule has 184 valence electrons. The Labute approximate surface area is 203 Å². The Kier molecular flexibility index (Phi) is 13.4. The van der Waals surface area contributed by atoms with E-state index >= 15 is 0 Å². The molecular weight excluding hydrogens is 408 g/mol. The van der Waals surface area contributed by atoms with Gasteiger partial charge < -0.3 is 14.2 Å². The lowest BCUT2D eigenvalue weighted by Gasteiger charge is -2.23. The van der Waals surface area contributed by atoms with Gasteiger partial charge in [-0.15, -0.1) is 0 Å². The van der Waals surface area contributed by atoms with Gasteiger partial charge in [0.05, 0.1) is 31.5 Å². The largest absolute Gasteiger partial charge is 0.377 e. The highest BCUT2D eigenvalue weighted by atomic mass is 16.5. The normalized spacial score (nSPS) is 24.4. The van der Waals surface area contributed by atoms with Crippen LogP contribution in [-0.4, -0.2) is 38.6 Å². The molecule has 0 aliphatic carbocycles. The third-order valence-corrected chi connectivity index (χ3v) is 6.45. The van der Waals surface area contributed by atoms with Crippen molar-refractivity contribution >= 4 is 0 Å². The molecule has 0 spiro atoms. The van der Waals surface area contributed by atoms with E-state index in [1.165, 1.54) is 11.1 Å². The zero-order chi connectivity index (χ0) is 23.9. The van der Waals surface area contributed by atoms with E-state index in [-0.39, 0.29) is 12.2 Å². The Morgan fingerprint density at radius 2 is 2.06 bits per heavy atom. The minimum atomic E-state index is 0.0494. The van der Waals surface area contributed by atoms with E-state index in [0.29, 0.717) is 24.5 Å². The maximum Gasteiger partial charge on any atom is 0.0818 e. The lowest BCUT2D eigenvalue weighted by Crippen LogP contribution is -2.21. The first-order valence-electron chi connectivity index (χ1n) is 12.7. The molecule has 33 heavy (non-hydrogen) atoms. The van der Waals surface area contributed by atoms with Crippen LogP contribution in [0.3, 0.4) is 0 Å². The summed E-state index contributed by atoms with van der Waals surface area (Å²) in [6.07, 6.45) is 27.7. The van der Waals surface area contributed by atoms with Crippen molar-refractivity contribution in [2.45, 2.75) is 84.0 Å². The van der Waals surface area contributed by atoms with Crippen LogP contribution >= 0.6 is 0 Å². The van der Waals surface area contributed by atoms with Gasteiger partial charge in [-0.3, -0.25) is 0 Å². The molecule has 3 nitrogen and oxygen atoms in total. The lowest BCUT2D eigenvalue weighted by atomic mass is 9.92. The van der Waals surface area contributed by atoms with Gasteiger partial charge >= 0.3 is 0 Å². The van der Waals surface area contributed by atoms with E-state index < -0.39 is 0 Å². The Hall–Kier alpha value is -1.68. The summed E-state index contributed by atoms with van der Waals surface area (Å²) in [5, 5.41) is 0. The predicted molar refractivity (Wildman–Crippen MR) is 140 cm³/mol. The van der Waals surface area contributed by atoms with Gasteiger partial charge in [0.25, 0.3) is 0 Å². The molecule has 2 aliphatic heterocycles. The molecule has 2 heterocycles. The van der Waals surface area contributed by atoms with E-state index in [1.54, 1.807) is 7.11 Å². The van der Waals surface area contributed by atoms with Crippen LogP contribution in [-0.2, 0) is 14.2 Å². The Morgan fingerprint density at radius 3 is 2.76 bits per heavy atom. The summed E-state index contributed by atoms with van der Waals surface area (Å²) < 4.78 is 17.4. The predicted octanol–water partition coefficient (Wildman–Crippen LogP) is 7.53. The highest BCUT2D eigenvalue weighted by molar-refractivity contribution is 5.11. The monoisotopic (exact) mass is 454 g/mol. The minimum Gasteiger partial charge on any atom is -0.377 e. The third kappa shape index (κ3) is 11.3. The molecule has 2 rings (SSSR count). The van der Waals surface area contributed by atoms with Crippen LogP contribution in [0.4, 0.5) is 0 Å². The molecule has 5 unspecified atom stereocenters. The summed E-state index contributed by atoms with van der Waals surface area (Å²) in [5.41, 5.74) is 2.74. The summed E-state index contributed by atoms with van der Waals surface area (Å²) in [6, 6.07) is 0. The number of hydrogen-bond donors (Lipinski definition) is 0. The van der Waals surface area contributed by atoms with E-state index in [4.69, 9.17) is 14.2 Å². The van der Waals surface area contributed by atoms with Crippen LogP contribution in [0, 0.1) is 11.8 Å². The second kappa shape index (κ2) is 16.0. The molecule has 0 N–H and O–H groups in total. The Morgan fingerprint density at radius 1 is 1.21 bits per heavy atom. The average molecular weight is 455 g/mol. The molecule has 0 aromatic carbocycles. The van der Waals surface area contributed by atoms with Gasteiger partial charge in [-0.25, -0.2) is 0 Å². The van der Waals surface area contributed by atoms with Gasteiger partial charge in [-0.05, 0) is 64.7 Å². The lowest BCUT2D eigenvalue weighted by molar-refractivity contribution is 0.0509. The van der Waals surface area contributed by atoms with Crippen LogP contribution in [0.5, 0.6) is 0 Å². The van der Waals surface area contributed by atoms with E-state index in [1.807, 2.05) is 0 Å². The molecule has 2 aliphatic rings. The van der Waals surface area contributed by atoms with Crippen LogP contribution in [0.25, 0.3) is 0 Å². The summed E-state index contributed by atoms with van der Waals surface area (Å²) >= 11 is 0.